The molecule has 31 heavy (non-hydrogen) atoms. The lowest BCUT2D eigenvalue weighted by molar-refractivity contribution is -0.135. The third-order valence-corrected chi connectivity index (χ3v) is 5.99. The van der Waals surface area contributed by atoms with Crippen molar-refractivity contribution in [3.63, 3.8) is 0 Å². The number of morpholine rings is 1. The van der Waals surface area contributed by atoms with Crippen LogP contribution in [0.5, 0.6) is 5.75 Å². The van der Waals surface area contributed by atoms with Gasteiger partial charge in [-0.3, -0.25) is 9.59 Å². The van der Waals surface area contributed by atoms with E-state index in [1.807, 2.05) is 43.4 Å². The number of carbonyl (C=O) groups is 2. The highest BCUT2D eigenvalue weighted by Gasteiger charge is 2.36. The van der Waals surface area contributed by atoms with Crippen molar-refractivity contribution in [3.8, 4) is 5.75 Å². The number of hydrogen-bond donors (Lipinski definition) is 0. The smallest absolute Gasteiger partial charge is 0.228 e. The van der Waals surface area contributed by atoms with Crippen LogP contribution in [0.4, 0.5) is 11.4 Å². The van der Waals surface area contributed by atoms with E-state index in [0.29, 0.717) is 26.3 Å². The number of rotatable bonds is 6. The predicted octanol–water partition coefficient (Wildman–Crippen LogP) is 2.54. The highest BCUT2D eigenvalue weighted by atomic mass is 16.5. The molecular weight excluding hydrogens is 394 g/mol. The van der Waals surface area contributed by atoms with Crippen molar-refractivity contribution in [3.05, 3.63) is 54.1 Å². The maximum Gasteiger partial charge on any atom is 0.228 e. The van der Waals surface area contributed by atoms with Crippen LogP contribution >= 0.6 is 0 Å². The third-order valence-electron chi connectivity index (χ3n) is 5.99. The van der Waals surface area contributed by atoms with Crippen LogP contribution in [0.3, 0.4) is 0 Å². The molecule has 2 aromatic carbocycles. The van der Waals surface area contributed by atoms with Gasteiger partial charge in [-0.15, -0.1) is 0 Å². The number of carbonyl (C=O) groups excluding carboxylic acids is 2. The van der Waals surface area contributed by atoms with E-state index in [1.165, 1.54) is 0 Å². The lowest BCUT2D eigenvalue weighted by Gasteiger charge is -2.31. The highest BCUT2D eigenvalue weighted by molar-refractivity contribution is 6.00. The van der Waals surface area contributed by atoms with E-state index in [9.17, 15) is 9.59 Å². The first-order valence-electron chi connectivity index (χ1n) is 10.7. The first-order valence-corrected chi connectivity index (χ1v) is 10.7. The van der Waals surface area contributed by atoms with Crippen molar-refractivity contribution in [2.45, 2.75) is 13.0 Å². The Hall–Kier alpha value is -3.06. The first kappa shape index (κ1) is 21.2. The Morgan fingerprint density at radius 2 is 1.84 bits per heavy atom. The van der Waals surface area contributed by atoms with Gasteiger partial charge in [-0.1, -0.05) is 18.2 Å². The minimum absolute atomic E-state index is 0.00106. The number of para-hydroxylation sites is 1. The molecule has 1 atom stereocenters. The summed E-state index contributed by atoms with van der Waals surface area (Å²) >= 11 is 0. The minimum Gasteiger partial charge on any atom is -0.497 e. The number of methoxy groups -OCH3 is 1. The Labute approximate surface area is 183 Å². The van der Waals surface area contributed by atoms with E-state index in [1.54, 1.807) is 16.9 Å². The van der Waals surface area contributed by atoms with Crippen LogP contribution in [0.15, 0.2) is 48.5 Å². The maximum atomic E-state index is 13.2. The molecule has 0 aliphatic carbocycles. The molecule has 0 spiro atoms. The number of hydrogen-bond acceptors (Lipinski definition) is 5. The van der Waals surface area contributed by atoms with Gasteiger partial charge in [-0.2, -0.15) is 0 Å². The Balaban J connectivity index is 1.42. The van der Waals surface area contributed by atoms with E-state index in [0.717, 1.165) is 35.8 Å². The van der Waals surface area contributed by atoms with Crippen LogP contribution < -0.4 is 14.5 Å². The molecule has 2 heterocycles. The lowest BCUT2D eigenvalue weighted by Crippen LogP contribution is -2.38. The molecule has 0 saturated carbocycles. The molecule has 0 bridgehead atoms. The Bertz CT molecular complexity index is 925. The number of anilines is 2. The van der Waals surface area contributed by atoms with E-state index >= 15 is 0 Å². The van der Waals surface area contributed by atoms with Crippen LogP contribution in [-0.4, -0.2) is 63.7 Å². The van der Waals surface area contributed by atoms with Gasteiger partial charge in [0.15, 0.2) is 0 Å². The van der Waals surface area contributed by atoms with E-state index < -0.39 is 0 Å². The van der Waals surface area contributed by atoms with Gasteiger partial charge in [-0.25, -0.2) is 0 Å². The van der Waals surface area contributed by atoms with Gasteiger partial charge in [0.1, 0.15) is 5.75 Å². The second-order valence-electron chi connectivity index (χ2n) is 8.03. The zero-order valence-corrected chi connectivity index (χ0v) is 18.1. The Morgan fingerprint density at radius 3 is 2.55 bits per heavy atom. The minimum atomic E-state index is -0.338. The summed E-state index contributed by atoms with van der Waals surface area (Å²) in [5, 5.41) is 0. The van der Waals surface area contributed by atoms with E-state index in [2.05, 4.69) is 17.0 Å². The predicted molar refractivity (Wildman–Crippen MR) is 119 cm³/mol. The highest BCUT2D eigenvalue weighted by Crippen LogP contribution is 2.29. The van der Waals surface area contributed by atoms with Gasteiger partial charge < -0.3 is 24.2 Å². The summed E-state index contributed by atoms with van der Waals surface area (Å²) in [5.74, 6) is 0.378. The van der Waals surface area contributed by atoms with Gasteiger partial charge in [-0.05, 0) is 35.9 Å². The molecule has 164 valence electrons. The Morgan fingerprint density at radius 1 is 1.13 bits per heavy atom. The fraction of sp³-hybridized carbons (Fsp3) is 0.417. The maximum absolute atomic E-state index is 13.2. The molecule has 2 amide bonds. The molecular formula is C24H29N3O4. The van der Waals surface area contributed by atoms with Crippen LogP contribution in [0, 0.1) is 5.92 Å². The topological polar surface area (TPSA) is 62.3 Å². The molecule has 4 rings (SSSR count). The van der Waals surface area contributed by atoms with Crippen LogP contribution in [0.1, 0.15) is 12.0 Å². The standard InChI is InChI=1S/C24H29N3O4/c1-25(16-18-5-3-4-6-22(18)26-11-13-31-14-12-26)24(29)19-15-23(28)27(17-19)20-7-9-21(30-2)10-8-20/h3-10,19H,11-17H2,1-2H3. The van der Waals surface area contributed by atoms with Crippen molar-refractivity contribution >= 4 is 23.2 Å². The lowest BCUT2D eigenvalue weighted by atomic mass is 10.1. The van der Waals surface area contributed by atoms with Crippen LogP contribution in [0.2, 0.25) is 0 Å². The summed E-state index contributed by atoms with van der Waals surface area (Å²) in [6.45, 7) is 4.05. The van der Waals surface area contributed by atoms with Crippen LogP contribution in [0.25, 0.3) is 0 Å². The second kappa shape index (κ2) is 9.39. The average molecular weight is 424 g/mol. The number of amides is 2. The number of nitrogens with zero attached hydrogens (tertiary/aromatic N) is 3. The van der Waals surface area contributed by atoms with Crippen molar-refractivity contribution in [2.75, 3.05) is 56.8 Å². The molecule has 0 aromatic heterocycles. The van der Waals surface area contributed by atoms with Crippen molar-refractivity contribution in [1.29, 1.82) is 0 Å². The third kappa shape index (κ3) is 4.66. The van der Waals surface area contributed by atoms with E-state index in [4.69, 9.17) is 9.47 Å². The van der Waals surface area contributed by atoms with Gasteiger partial charge >= 0.3 is 0 Å². The normalized spacial score (nSPS) is 18.9. The number of benzene rings is 2. The summed E-state index contributed by atoms with van der Waals surface area (Å²) in [7, 11) is 3.43. The molecule has 0 N–H and O–H groups in total. The number of ether oxygens (including phenoxy) is 2. The van der Waals surface area contributed by atoms with Crippen LogP contribution in [-0.2, 0) is 20.9 Å². The SMILES string of the molecule is COc1ccc(N2CC(C(=O)N(C)Cc3ccccc3N3CCOCC3)CC2=O)cc1. The zero-order chi connectivity index (χ0) is 21.8. The molecule has 0 radical (unpaired) electrons. The van der Waals surface area contributed by atoms with Gasteiger partial charge in [0.05, 0.1) is 26.2 Å². The molecule has 7 heteroatoms. The summed E-state index contributed by atoms with van der Waals surface area (Å²) in [5.41, 5.74) is 3.05. The molecule has 2 aliphatic rings. The molecule has 2 fully saturated rings. The van der Waals surface area contributed by atoms with Gasteiger partial charge in [0.2, 0.25) is 11.8 Å². The summed E-state index contributed by atoms with van der Waals surface area (Å²) in [6.07, 6.45) is 0.236. The summed E-state index contributed by atoms with van der Waals surface area (Å²) in [4.78, 5) is 31.5. The quantitative estimate of drug-likeness (QED) is 0.715. The van der Waals surface area contributed by atoms with Crippen molar-refractivity contribution in [1.82, 2.24) is 4.90 Å². The van der Waals surface area contributed by atoms with Crippen molar-refractivity contribution in [2.24, 2.45) is 5.92 Å². The summed E-state index contributed by atoms with van der Waals surface area (Å²) < 4.78 is 10.7. The fourth-order valence-electron chi connectivity index (χ4n) is 4.29. The fourth-order valence-corrected chi connectivity index (χ4v) is 4.29. The molecule has 7 nitrogen and oxygen atoms in total. The zero-order valence-electron chi connectivity index (χ0n) is 18.1. The largest absolute Gasteiger partial charge is 0.497 e. The van der Waals surface area contributed by atoms with Gasteiger partial charge in [0, 0.05) is 51.0 Å². The molecule has 2 saturated heterocycles. The Kier molecular flexibility index (Phi) is 6.42. The molecule has 1 unspecified atom stereocenters. The second-order valence-corrected chi connectivity index (χ2v) is 8.03. The first-order chi connectivity index (χ1) is 15.1. The molecule has 2 aliphatic heterocycles. The molecule has 2 aromatic rings. The average Bonchev–Trinajstić information content (AvgIpc) is 3.21. The van der Waals surface area contributed by atoms with Crippen molar-refractivity contribution < 1.29 is 19.1 Å². The van der Waals surface area contributed by atoms with E-state index in [-0.39, 0.29) is 24.2 Å². The van der Waals surface area contributed by atoms with Gasteiger partial charge in [0.25, 0.3) is 0 Å². The summed E-state index contributed by atoms with van der Waals surface area (Å²) in [6, 6.07) is 15.6. The monoisotopic (exact) mass is 423 g/mol.